The molecule has 2 aromatic rings. The second-order valence-corrected chi connectivity index (χ2v) is 7.69. The van der Waals surface area contributed by atoms with E-state index < -0.39 is 0 Å². The molecule has 5 N–H and O–H groups in total. The van der Waals surface area contributed by atoms with Gasteiger partial charge >= 0.3 is 0 Å². The van der Waals surface area contributed by atoms with E-state index in [-0.39, 0.29) is 0 Å². The Bertz CT molecular complexity index is 741. The number of aromatic nitrogens is 3. The van der Waals surface area contributed by atoms with Crippen molar-refractivity contribution in [3.63, 3.8) is 0 Å². The number of hydrogen-bond donors (Lipinski definition) is 4. The molecule has 0 atom stereocenters. The van der Waals surface area contributed by atoms with E-state index in [0.29, 0.717) is 69.8 Å². The zero-order valence-electron chi connectivity index (χ0n) is 19.0. The number of benzene rings is 1. The van der Waals surface area contributed by atoms with Crippen LogP contribution in [0.2, 0.25) is 0 Å². The van der Waals surface area contributed by atoms with Crippen LogP contribution in [0, 0.1) is 12.8 Å². The Kier molecular flexibility index (Phi) is 11.6. The third-order valence-electron chi connectivity index (χ3n) is 4.38. The average Bonchev–Trinajstić information content (AvgIpc) is 2.75. The number of nitrogens with zero attached hydrogens (tertiary/aromatic N) is 3. The summed E-state index contributed by atoms with van der Waals surface area (Å²) >= 11 is 0. The molecule has 0 saturated carbocycles. The second kappa shape index (κ2) is 14.5. The summed E-state index contributed by atoms with van der Waals surface area (Å²) in [4.78, 5) is 13.5. The first kappa shape index (κ1) is 24.8. The summed E-state index contributed by atoms with van der Waals surface area (Å²) in [6.07, 6.45) is 1.04. The second-order valence-electron chi connectivity index (χ2n) is 7.69. The zero-order valence-corrected chi connectivity index (χ0v) is 19.0. The SMILES string of the molecule is Cc1ccc(CNc2nc(NCCOCCOCCN)nc(NCCC(C)C)n2)cc1. The van der Waals surface area contributed by atoms with Gasteiger partial charge in [-0.15, -0.1) is 0 Å². The van der Waals surface area contributed by atoms with Crippen molar-refractivity contribution in [3.8, 4) is 0 Å². The van der Waals surface area contributed by atoms with Crippen LogP contribution in [0.15, 0.2) is 24.3 Å². The van der Waals surface area contributed by atoms with Crippen molar-refractivity contribution >= 4 is 17.8 Å². The smallest absolute Gasteiger partial charge is 0.229 e. The maximum Gasteiger partial charge on any atom is 0.229 e. The molecule has 0 aliphatic carbocycles. The van der Waals surface area contributed by atoms with Crippen LogP contribution in [-0.2, 0) is 16.0 Å². The first-order chi connectivity index (χ1) is 15.1. The lowest BCUT2D eigenvalue weighted by Crippen LogP contribution is -2.17. The molecule has 2 rings (SSSR count). The summed E-state index contributed by atoms with van der Waals surface area (Å²) in [5, 5.41) is 9.79. The van der Waals surface area contributed by atoms with E-state index in [1.807, 2.05) is 0 Å². The quantitative estimate of drug-likeness (QED) is 0.297. The van der Waals surface area contributed by atoms with E-state index in [0.717, 1.165) is 13.0 Å². The molecule has 0 aliphatic heterocycles. The maximum absolute atomic E-state index is 5.54. The molecule has 1 aromatic heterocycles. The van der Waals surface area contributed by atoms with Gasteiger partial charge in [-0.1, -0.05) is 43.7 Å². The number of nitrogens with two attached hydrogens (primary N) is 1. The molecule has 0 radical (unpaired) electrons. The van der Waals surface area contributed by atoms with Gasteiger partial charge in [-0.25, -0.2) is 0 Å². The van der Waals surface area contributed by atoms with Gasteiger partial charge in [0.15, 0.2) is 0 Å². The van der Waals surface area contributed by atoms with E-state index in [9.17, 15) is 0 Å². The van der Waals surface area contributed by atoms with E-state index in [4.69, 9.17) is 15.2 Å². The minimum Gasteiger partial charge on any atom is -0.378 e. The minimum atomic E-state index is 0.511. The third kappa shape index (κ3) is 10.9. The Morgan fingerprint density at radius 1 is 0.806 bits per heavy atom. The van der Waals surface area contributed by atoms with Gasteiger partial charge in [-0.2, -0.15) is 15.0 Å². The first-order valence-electron chi connectivity index (χ1n) is 11.0. The predicted molar refractivity (Wildman–Crippen MR) is 125 cm³/mol. The van der Waals surface area contributed by atoms with Crippen LogP contribution in [0.4, 0.5) is 17.8 Å². The van der Waals surface area contributed by atoms with Crippen LogP contribution in [0.5, 0.6) is 0 Å². The van der Waals surface area contributed by atoms with Gasteiger partial charge in [0.1, 0.15) is 0 Å². The van der Waals surface area contributed by atoms with Gasteiger partial charge < -0.3 is 31.2 Å². The van der Waals surface area contributed by atoms with Crippen LogP contribution in [0.1, 0.15) is 31.4 Å². The lowest BCUT2D eigenvalue weighted by Gasteiger charge is -2.12. The predicted octanol–water partition coefficient (Wildman–Crippen LogP) is 2.65. The Morgan fingerprint density at radius 3 is 2.00 bits per heavy atom. The van der Waals surface area contributed by atoms with Crippen molar-refractivity contribution < 1.29 is 9.47 Å². The summed E-state index contributed by atoms with van der Waals surface area (Å²) in [5.74, 6) is 2.20. The molecule has 31 heavy (non-hydrogen) atoms. The van der Waals surface area contributed by atoms with Crippen LogP contribution in [0.3, 0.4) is 0 Å². The van der Waals surface area contributed by atoms with E-state index in [2.05, 4.69) is 75.9 Å². The zero-order chi connectivity index (χ0) is 22.3. The van der Waals surface area contributed by atoms with Crippen molar-refractivity contribution in [1.82, 2.24) is 15.0 Å². The highest BCUT2D eigenvalue weighted by Crippen LogP contribution is 2.12. The molecule has 0 amide bonds. The number of anilines is 3. The highest BCUT2D eigenvalue weighted by Gasteiger charge is 2.07. The Balaban J connectivity index is 1.88. The molecule has 9 heteroatoms. The van der Waals surface area contributed by atoms with Crippen LogP contribution in [-0.4, -0.2) is 61.0 Å². The van der Waals surface area contributed by atoms with Gasteiger partial charge in [0.05, 0.1) is 26.4 Å². The van der Waals surface area contributed by atoms with Crippen molar-refractivity contribution in [3.05, 3.63) is 35.4 Å². The van der Waals surface area contributed by atoms with Gasteiger partial charge in [-0.05, 0) is 24.8 Å². The number of nitrogens with one attached hydrogen (secondary N) is 3. The summed E-state index contributed by atoms with van der Waals surface area (Å²) < 4.78 is 10.8. The lowest BCUT2D eigenvalue weighted by atomic mass is 10.1. The molecule has 0 bridgehead atoms. The van der Waals surface area contributed by atoms with Crippen molar-refractivity contribution in [2.45, 2.75) is 33.7 Å². The Labute approximate surface area is 185 Å². The molecule has 1 aromatic carbocycles. The van der Waals surface area contributed by atoms with Crippen LogP contribution < -0.4 is 21.7 Å². The Hall–Kier alpha value is -2.49. The fourth-order valence-electron chi connectivity index (χ4n) is 2.61. The molecule has 0 saturated heterocycles. The summed E-state index contributed by atoms with van der Waals surface area (Å²) in [6, 6.07) is 8.38. The number of ether oxygens (including phenoxy) is 2. The summed E-state index contributed by atoms with van der Waals surface area (Å²) in [6.45, 7) is 11.2. The maximum atomic E-state index is 5.54. The van der Waals surface area contributed by atoms with Gasteiger partial charge in [0.25, 0.3) is 0 Å². The van der Waals surface area contributed by atoms with Gasteiger partial charge in [0, 0.05) is 26.2 Å². The molecule has 9 nitrogen and oxygen atoms in total. The molecule has 0 unspecified atom stereocenters. The van der Waals surface area contributed by atoms with Crippen molar-refractivity contribution in [2.24, 2.45) is 11.7 Å². The van der Waals surface area contributed by atoms with Crippen molar-refractivity contribution in [1.29, 1.82) is 0 Å². The largest absolute Gasteiger partial charge is 0.378 e. The third-order valence-corrected chi connectivity index (χ3v) is 4.38. The average molecular weight is 432 g/mol. The van der Waals surface area contributed by atoms with Crippen LogP contribution >= 0.6 is 0 Å². The molecular formula is C22H37N7O2. The highest BCUT2D eigenvalue weighted by molar-refractivity contribution is 5.42. The number of rotatable bonds is 16. The topological polar surface area (TPSA) is 119 Å². The lowest BCUT2D eigenvalue weighted by molar-refractivity contribution is 0.0547. The minimum absolute atomic E-state index is 0.511. The molecule has 0 fully saturated rings. The van der Waals surface area contributed by atoms with Crippen LogP contribution in [0.25, 0.3) is 0 Å². The normalized spacial score (nSPS) is 11.0. The van der Waals surface area contributed by atoms with E-state index in [1.165, 1.54) is 11.1 Å². The van der Waals surface area contributed by atoms with Crippen molar-refractivity contribution in [2.75, 3.05) is 62.0 Å². The summed E-state index contributed by atoms with van der Waals surface area (Å²) in [7, 11) is 0. The number of hydrogen-bond acceptors (Lipinski definition) is 9. The molecule has 1 heterocycles. The monoisotopic (exact) mass is 431 g/mol. The standard InChI is InChI=1S/C22H37N7O2/c1-17(2)8-10-24-20-27-21(25-11-13-31-15-14-30-12-9-23)29-22(28-20)26-16-19-6-4-18(3)5-7-19/h4-7,17H,8-16,23H2,1-3H3,(H3,24,25,26,27,28,29). The molecule has 0 spiro atoms. The molecular weight excluding hydrogens is 394 g/mol. The fourth-order valence-corrected chi connectivity index (χ4v) is 2.61. The first-order valence-corrected chi connectivity index (χ1v) is 11.0. The van der Waals surface area contributed by atoms with E-state index >= 15 is 0 Å². The summed E-state index contributed by atoms with van der Waals surface area (Å²) in [5.41, 5.74) is 7.78. The molecule has 0 aliphatic rings. The molecule has 172 valence electrons. The fraction of sp³-hybridized carbons (Fsp3) is 0.591. The number of aryl methyl sites for hydroxylation is 1. The van der Waals surface area contributed by atoms with Gasteiger partial charge in [-0.3, -0.25) is 0 Å². The van der Waals surface area contributed by atoms with E-state index in [1.54, 1.807) is 0 Å². The highest BCUT2D eigenvalue weighted by atomic mass is 16.5. The van der Waals surface area contributed by atoms with Gasteiger partial charge in [0.2, 0.25) is 17.8 Å². The Morgan fingerprint density at radius 2 is 1.39 bits per heavy atom.